The second-order valence-corrected chi connectivity index (χ2v) is 4.52. The Bertz CT molecular complexity index is 831. The van der Waals surface area contributed by atoms with Crippen LogP contribution in [0.15, 0.2) is 59.4 Å². The molecule has 1 heterocycles. The number of hydrogen-bond acceptors (Lipinski definition) is 2. The molecule has 0 fully saturated rings. The van der Waals surface area contributed by atoms with Crippen LogP contribution < -0.4 is 11.4 Å². The van der Waals surface area contributed by atoms with E-state index in [-0.39, 0.29) is 0 Å². The van der Waals surface area contributed by atoms with Gasteiger partial charge < -0.3 is 5.73 Å². The summed E-state index contributed by atoms with van der Waals surface area (Å²) in [5.41, 5.74) is 7.09. The number of amides is 1. The summed E-state index contributed by atoms with van der Waals surface area (Å²) in [6.45, 7) is 0.403. The van der Waals surface area contributed by atoms with Gasteiger partial charge in [-0.3, -0.25) is 4.57 Å². The van der Waals surface area contributed by atoms with Crippen LogP contribution in [0.3, 0.4) is 0 Å². The Morgan fingerprint density at radius 3 is 2.20 bits per heavy atom. The zero-order valence-electron chi connectivity index (χ0n) is 10.7. The number of para-hydroxylation sites is 2. The summed E-state index contributed by atoms with van der Waals surface area (Å²) in [6.07, 6.45) is 0. The van der Waals surface area contributed by atoms with Gasteiger partial charge >= 0.3 is 11.7 Å². The third-order valence-electron chi connectivity index (χ3n) is 3.24. The molecular weight excluding hydrogens is 254 g/mol. The first-order chi connectivity index (χ1) is 9.68. The molecule has 100 valence electrons. The summed E-state index contributed by atoms with van der Waals surface area (Å²) in [5.74, 6) is 0. The average Bonchev–Trinajstić information content (AvgIpc) is 2.73. The highest BCUT2D eigenvalue weighted by Crippen LogP contribution is 2.14. The third-order valence-corrected chi connectivity index (χ3v) is 3.24. The van der Waals surface area contributed by atoms with Crippen molar-refractivity contribution < 1.29 is 4.79 Å². The molecule has 2 aromatic carbocycles. The van der Waals surface area contributed by atoms with Gasteiger partial charge in [0.2, 0.25) is 0 Å². The number of aromatic nitrogens is 2. The van der Waals surface area contributed by atoms with E-state index >= 15 is 0 Å². The van der Waals surface area contributed by atoms with Gasteiger partial charge in [-0.05, 0) is 17.7 Å². The molecule has 0 saturated heterocycles. The molecule has 0 atom stereocenters. The molecule has 2 N–H and O–H groups in total. The number of carbonyl (C=O) groups is 1. The van der Waals surface area contributed by atoms with E-state index in [2.05, 4.69) is 0 Å². The lowest BCUT2D eigenvalue weighted by atomic mass is 10.2. The van der Waals surface area contributed by atoms with Gasteiger partial charge in [0, 0.05) is 0 Å². The Kier molecular flexibility index (Phi) is 2.87. The molecule has 0 aliphatic carbocycles. The van der Waals surface area contributed by atoms with Crippen molar-refractivity contribution in [1.82, 2.24) is 9.13 Å². The number of nitrogens with zero attached hydrogens (tertiary/aromatic N) is 2. The molecule has 5 nitrogen and oxygen atoms in total. The van der Waals surface area contributed by atoms with E-state index in [1.807, 2.05) is 36.4 Å². The standard InChI is InChI=1S/C15H13N3O2/c16-14(19)18-13-9-5-4-8-12(13)17(15(18)20)10-11-6-2-1-3-7-11/h1-9H,10H2,(H2,16,19). The van der Waals surface area contributed by atoms with Crippen LogP contribution in [0.2, 0.25) is 0 Å². The van der Waals surface area contributed by atoms with Crippen molar-refractivity contribution in [2.45, 2.75) is 6.54 Å². The summed E-state index contributed by atoms with van der Waals surface area (Å²) in [5, 5.41) is 0. The molecular formula is C15H13N3O2. The monoisotopic (exact) mass is 267 g/mol. The summed E-state index contributed by atoms with van der Waals surface area (Å²) >= 11 is 0. The average molecular weight is 267 g/mol. The molecule has 5 heteroatoms. The van der Waals surface area contributed by atoms with Gasteiger partial charge in [0.05, 0.1) is 17.6 Å². The lowest BCUT2D eigenvalue weighted by Crippen LogP contribution is -2.33. The van der Waals surface area contributed by atoms with Crippen molar-refractivity contribution in [1.29, 1.82) is 0 Å². The highest BCUT2D eigenvalue weighted by molar-refractivity contribution is 5.88. The normalized spacial score (nSPS) is 10.8. The Morgan fingerprint density at radius 2 is 1.55 bits per heavy atom. The minimum atomic E-state index is -0.766. The van der Waals surface area contributed by atoms with Crippen molar-refractivity contribution in [2.24, 2.45) is 5.73 Å². The Balaban J connectivity index is 2.23. The highest BCUT2D eigenvalue weighted by atomic mass is 16.2. The van der Waals surface area contributed by atoms with Crippen LogP contribution in [0, 0.1) is 0 Å². The summed E-state index contributed by atoms with van der Waals surface area (Å²) in [7, 11) is 0. The fourth-order valence-corrected chi connectivity index (χ4v) is 2.34. The SMILES string of the molecule is NC(=O)n1c(=O)n(Cc2ccccc2)c2ccccc21. The Morgan fingerprint density at radius 1 is 0.950 bits per heavy atom. The van der Waals surface area contributed by atoms with E-state index < -0.39 is 11.7 Å². The second-order valence-electron chi connectivity index (χ2n) is 4.52. The third kappa shape index (κ3) is 1.89. The topological polar surface area (TPSA) is 70.0 Å². The van der Waals surface area contributed by atoms with E-state index in [1.54, 1.807) is 22.8 Å². The number of rotatable bonds is 2. The van der Waals surface area contributed by atoms with E-state index in [9.17, 15) is 9.59 Å². The predicted molar refractivity (Wildman–Crippen MR) is 76.7 cm³/mol. The van der Waals surface area contributed by atoms with Crippen molar-refractivity contribution in [3.63, 3.8) is 0 Å². The maximum absolute atomic E-state index is 12.4. The maximum atomic E-state index is 12.4. The first-order valence-corrected chi connectivity index (χ1v) is 6.22. The molecule has 0 unspecified atom stereocenters. The number of fused-ring (bicyclic) bond motifs is 1. The van der Waals surface area contributed by atoms with E-state index in [1.165, 1.54) is 0 Å². The molecule has 0 aliphatic rings. The van der Waals surface area contributed by atoms with Gasteiger partial charge in [-0.1, -0.05) is 42.5 Å². The van der Waals surface area contributed by atoms with Gasteiger partial charge in [0.1, 0.15) is 0 Å². The zero-order valence-corrected chi connectivity index (χ0v) is 10.7. The smallest absolute Gasteiger partial charge is 0.337 e. The second kappa shape index (κ2) is 4.70. The number of imidazole rings is 1. The maximum Gasteiger partial charge on any atom is 0.337 e. The summed E-state index contributed by atoms with van der Waals surface area (Å²) in [4.78, 5) is 23.8. The molecule has 0 radical (unpaired) electrons. The summed E-state index contributed by atoms with van der Waals surface area (Å²) < 4.78 is 2.55. The number of carbonyl (C=O) groups excluding carboxylic acids is 1. The van der Waals surface area contributed by atoms with Crippen LogP contribution in [0.5, 0.6) is 0 Å². The van der Waals surface area contributed by atoms with Crippen molar-refractivity contribution in [3.05, 3.63) is 70.6 Å². The molecule has 1 amide bonds. The molecule has 3 rings (SSSR count). The van der Waals surface area contributed by atoms with Gasteiger partial charge in [-0.2, -0.15) is 0 Å². The molecule has 1 aromatic heterocycles. The molecule has 0 saturated carbocycles. The lowest BCUT2D eigenvalue weighted by Gasteiger charge is -2.02. The van der Waals surface area contributed by atoms with Crippen molar-refractivity contribution in [2.75, 3.05) is 0 Å². The summed E-state index contributed by atoms with van der Waals surface area (Å²) in [6, 6.07) is 16.0. The Hall–Kier alpha value is -2.82. The van der Waals surface area contributed by atoms with Crippen LogP contribution >= 0.6 is 0 Å². The largest absolute Gasteiger partial charge is 0.351 e. The van der Waals surface area contributed by atoms with E-state index in [0.717, 1.165) is 10.1 Å². The molecule has 20 heavy (non-hydrogen) atoms. The Labute approximate surface area is 114 Å². The number of primary amides is 1. The first kappa shape index (κ1) is 12.2. The number of hydrogen-bond donors (Lipinski definition) is 1. The van der Waals surface area contributed by atoms with Crippen LogP contribution in [0.25, 0.3) is 11.0 Å². The highest BCUT2D eigenvalue weighted by Gasteiger charge is 2.15. The number of nitrogens with two attached hydrogens (primary N) is 1. The van der Waals surface area contributed by atoms with Gasteiger partial charge in [-0.25, -0.2) is 14.2 Å². The van der Waals surface area contributed by atoms with Crippen LogP contribution in [0.4, 0.5) is 4.79 Å². The van der Waals surface area contributed by atoms with E-state index in [0.29, 0.717) is 17.6 Å². The minimum Gasteiger partial charge on any atom is -0.351 e. The van der Waals surface area contributed by atoms with Crippen LogP contribution in [0.1, 0.15) is 5.56 Å². The van der Waals surface area contributed by atoms with Gasteiger partial charge in [-0.15, -0.1) is 0 Å². The van der Waals surface area contributed by atoms with Gasteiger partial charge in [0.15, 0.2) is 0 Å². The van der Waals surface area contributed by atoms with Crippen molar-refractivity contribution >= 4 is 17.1 Å². The fourth-order valence-electron chi connectivity index (χ4n) is 2.34. The first-order valence-electron chi connectivity index (χ1n) is 6.22. The van der Waals surface area contributed by atoms with Crippen LogP contribution in [-0.2, 0) is 6.54 Å². The zero-order chi connectivity index (χ0) is 14.1. The molecule has 0 bridgehead atoms. The lowest BCUT2D eigenvalue weighted by molar-refractivity contribution is 0.250. The molecule has 0 spiro atoms. The van der Waals surface area contributed by atoms with E-state index in [4.69, 9.17) is 5.73 Å². The minimum absolute atomic E-state index is 0.403. The molecule has 3 aromatic rings. The van der Waals surface area contributed by atoms with Crippen LogP contribution in [-0.4, -0.2) is 15.2 Å². The van der Waals surface area contributed by atoms with Crippen molar-refractivity contribution in [3.8, 4) is 0 Å². The predicted octanol–water partition coefficient (Wildman–Crippen LogP) is 1.78. The molecule has 0 aliphatic heterocycles. The van der Waals surface area contributed by atoms with Gasteiger partial charge in [0.25, 0.3) is 0 Å². The fraction of sp³-hybridized carbons (Fsp3) is 0.0667. The number of benzene rings is 2. The quantitative estimate of drug-likeness (QED) is 0.768.